The van der Waals surface area contributed by atoms with E-state index in [0.717, 1.165) is 11.1 Å². The summed E-state index contributed by atoms with van der Waals surface area (Å²) in [6.07, 6.45) is 0.150. The zero-order chi connectivity index (χ0) is 18.5. The fourth-order valence-electron chi connectivity index (χ4n) is 3.81. The Balaban J connectivity index is 1.79. The number of aryl methyl sites for hydroxylation is 1. The van der Waals surface area contributed by atoms with Gasteiger partial charge in [-0.1, -0.05) is 35.9 Å². The number of rotatable bonds is 2. The number of para-hydroxylation sites is 1. The molecule has 2 aromatic rings. The number of carbonyl (C=O) groups is 1. The summed E-state index contributed by atoms with van der Waals surface area (Å²) in [5.74, 6) is -0.249. The molecule has 1 fully saturated rings. The number of benzene rings is 2. The molecule has 0 unspecified atom stereocenters. The predicted octanol–water partition coefficient (Wildman–Crippen LogP) is 2.17. The number of anilines is 1. The van der Waals surface area contributed by atoms with Crippen molar-refractivity contribution in [3.05, 3.63) is 59.7 Å². The standard InChI is InChI=1S/C19H17N3O3S/c1-13-6-8-15(9-7-13)26(24,25)22-12-19(10-14(22)11-20)16-4-2-3-5-17(16)21-18(19)23/h2-9,14H,10,12H2,1H3,(H,21,23)/t14-,19-/m0/s1. The van der Waals surface area contributed by atoms with Gasteiger partial charge in [0.15, 0.2) is 0 Å². The molecule has 26 heavy (non-hydrogen) atoms. The molecular weight excluding hydrogens is 350 g/mol. The van der Waals surface area contributed by atoms with Crippen molar-refractivity contribution < 1.29 is 13.2 Å². The minimum Gasteiger partial charge on any atom is -0.325 e. The van der Waals surface area contributed by atoms with Gasteiger partial charge < -0.3 is 5.32 Å². The first-order valence-electron chi connectivity index (χ1n) is 8.27. The highest BCUT2D eigenvalue weighted by atomic mass is 32.2. The minimum atomic E-state index is -3.88. The lowest BCUT2D eigenvalue weighted by molar-refractivity contribution is -0.120. The lowest BCUT2D eigenvalue weighted by Crippen LogP contribution is -2.40. The SMILES string of the molecule is Cc1ccc(S(=O)(=O)N2C[C@]3(C[C@H]2C#N)C(=O)Nc2ccccc23)cc1. The molecule has 0 aliphatic carbocycles. The summed E-state index contributed by atoms with van der Waals surface area (Å²) < 4.78 is 27.4. The molecule has 7 heteroatoms. The summed E-state index contributed by atoms with van der Waals surface area (Å²) in [5.41, 5.74) is 1.37. The second-order valence-electron chi connectivity index (χ2n) is 6.79. The number of nitrogens with one attached hydrogen (secondary N) is 1. The molecule has 0 saturated carbocycles. The van der Waals surface area contributed by atoms with E-state index < -0.39 is 21.5 Å². The van der Waals surface area contributed by atoms with Crippen LogP contribution in [0.5, 0.6) is 0 Å². The van der Waals surface area contributed by atoms with Crippen molar-refractivity contribution in [3.63, 3.8) is 0 Å². The molecule has 2 aliphatic rings. The number of hydrogen-bond acceptors (Lipinski definition) is 4. The van der Waals surface area contributed by atoms with Crippen LogP contribution < -0.4 is 5.32 Å². The number of carbonyl (C=O) groups excluding carboxylic acids is 1. The molecule has 1 saturated heterocycles. The van der Waals surface area contributed by atoms with Crippen LogP contribution in [0.2, 0.25) is 0 Å². The Morgan fingerprint density at radius 1 is 1.19 bits per heavy atom. The molecule has 1 spiro atoms. The van der Waals surface area contributed by atoms with Gasteiger partial charge >= 0.3 is 0 Å². The third kappa shape index (κ3) is 2.26. The van der Waals surface area contributed by atoms with Crippen LogP contribution in [-0.4, -0.2) is 31.2 Å². The van der Waals surface area contributed by atoms with Gasteiger partial charge in [0.25, 0.3) is 0 Å². The largest absolute Gasteiger partial charge is 0.325 e. The fraction of sp³-hybridized carbons (Fsp3) is 0.263. The average molecular weight is 367 g/mol. The third-order valence-electron chi connectivity index (χ3n) is 5.22. The molecule has 0 radical (unpaired) electrons. The van der Waals surface area contributed by atoms with Gasteiger partial charge in [0.2, 0.25) is 15.9 Å². The minimum absolute atomic E-state index is 0.0374. The van der Waals surface area contributed by atoms with Crippen molar-refractivity contribution in [3.8, 4) is 6.07 Å². The molecule has 132 valence electrons. The lowest BCUT2D eigenvalue weighted by atomic mass is 9.80. The van der Waals surface area contributed by atoms with E-state index in [2.05, 4.69) is 11.4 Å². The van der Waals surface area contributed by atoms with Crippen molar-refractivity contribution in [2.24, 2.45) is 0 Å². The number of amides is 1. The molecular formula is C19H17N3O3S. The van der Waals surface area contributed by atoms with Crippen LogP contribution in [0.1, 0.15) is 17.5 Å². The van der Waals surface area contributed by atoms with E-state index in [1.165, 1.54) is 16.4 Å². The molecule has 2 atom stereocenters. The quantitative estimate of drug-likeness (QED) is 0.881. The first-order chi connectivity index (χ1) is 12.4. The van der Waals surface area contributed by atoms with Crippen molar-refractivity contribution in [2.45, 2.75) is 29.7 Å². The van der Waals surface area contributed by atoms with Crippen molar-refractivity contribution in [1.29, 1.82) is 5.26 Å². The Morgan fingerprint density at radius 3 is 2.58 bits per heavy atom. The summed E-state index contributed by atoms with van der Waals surface area (Å²) in [4.78, 5) is 12.9. The summed E-state index contributed by atoms with van der Waals surface area (Å²) in [6, 6.07) is 14.9. The Morgan fingerprint density at radius 2 is 1.88 bits per heavy atom. The van der Waals surface area contributed by atoms with Crippen molar-refractivity contribution in [2.75, 3.05) is 11.9 Å². The predicted molar refractivity (Wildman–Crippen MR) is 95.8 cm³/mol. The highest BCUT2D eigenvalue weighted by Gasteiger charge is 2.57. The smallest absolute Gasteiger partial charge is 0.244 e. The normalized spacial score (nSPS) is 25.1. The summed E-state index contributed by atoms with van der Waals surface area (Å²) in [6.45, 7) is 1.84. The van der Waals surface area contributed by atoms with Gasteiger partial charge in [-0.05, 0) is 37.1 Å². The highest BCUT2D eigenvalue weighted by molar-refractivity contribution is 7.89. The topological polar surface area (TPSA) is 90.3 Å². The molecule has 1 amide bonds. The molecule has 4 rings (SSSR count). The Labute approximate surface area is 152 Å². The maximum atomic E-state index is 13.1. The van der Waals surface area contributed by atoms with Gasteiger partial charge in [-0.2, -0.15) is 9.57 Å². The summed E-state index contributed by atoms with van der Waals surface area (Å²) >= 11 is 0. The van der Waals surface area contributed by atoms with Gasteiger partial charge in [-0.25, -0.2) is 8.42 Å². The van der Waals surface area contributed by atoms with E-state index in [0.29, 0.717) is 5.69 Å². The maximum Gasteiger partial charge on any atom is 0.244 e. The van der Waals surface area contributed by atoms with Crippen LogP contribution in [0, 0.1) is 18.3 Å². The van der Waals surface area contributed by atoms with Crippen LogP contribution >= 0.6 is 0 Å². The van der Waals surface area contributed by atoms with Gasteiger partial charge in [-0.3, -0.25) is 4.79 Å². The monoisotopic (exact) mass is 367 g/mol. The number of hydrogen-bond donors (Lipinski definition) is 1. The van der Waals surface area contributed by atoms with Crippen LogP contribution in [-0.2, 0) is 20.2 Å². The molecule has 2 heterocycles. The molecule has 6 nitrogen and oxygen atoms in total. The van der Waals surface area contributed by atoms with E-state index >= 15 is 0 Å². The van der Waals surface area contributed by atoms with Crippen LogP contribution in [0.4, 0.5) is 5.69 Å². The second-order valence-corrected chi connectivity index (χ2v) is 8.68. The van der Waals surface area contributed by atoms with Crippen molar-refractivity contribution in [1.82, 2.24) is 4.31 Å². The van der Waals surface area contributed by atoms with Crippen LogP contribution in [0.15, 0.2) is 53.4 Å². The summed E-state index contributed by atoms with van der Waals surface area (Å²) in [5, 5.41) is 12.4. The molecule has 0 aromatic heterocycles. The van der Waals surface area contributed by atoms with E-state index in [1.54, 1.807) is 18.2 Å². The number of nitriles is 1. The number of fused-ring (bicyclic) bond motifs is 2. The average Bonchev–Trinajstić information content (AvgIpc) is 3.16. The van der Waals surface area contributed by atoms with E-state index in [9.17, 15) is 18.5 Å². The third-order valence-corrected chi connectivity index (χ3v) is 7.09. The summed E-state index contributed by atoms with van der Waals surface area (Å²) in [7, 11) is -3.88. The number of sulfonamides is 1. The van der Waals surface area contributed by atoms with Gasteiger partial charge in [0.1, 0.15) is 6.04 Å². The molecule has 2 aliphatic heterocycles. The van der Waals surface area contributed by atoms with Crippen LogP contribution in [0.25, 0.3) is 0 Å². The number of nitrogens with zero attached hydrogens (tertiary/aromatic N) is 2. The molecule has 0 bridgehead atoms. The van der Waals surface area contributed by atoms with Crippen molar-refractivity contribution >= 4 is 21.6 Å². The lowest BCUT2D eigenvalue weighted by Gasteiger charge is -2.22. The zero-order valence-corrected chi connectivity index (χ0v) is 15.0. The van der Waals surface area contributed by atoms with Gasteiger partial charge in [0, 0.05) is 12.2 Å². The Bertz CT molecular complexity index is 1040. The van der Waals surface area contributed by atoms with E-state index in [-0.39, 0.29) is 23.8 Å². The first-order valence-corrected chi connectivity index (χ1v) is 9.72. The van der Waals surface area contributed by atoms with Gasteiger partial charge in [0.05, 0.1) is 16.4 Å². The molecule has 2 aromatic carbocycles. The molecule has 1 N–H and O–H groups in total. The fourth-order valence-corrected chi connectivity index (χ4v) is 5.41. The van der Waals surface area contributed by atoms with E-state index in [4.69, 9.17) is 0 Å². The second kappa shape index (κ2) is 5.66. The zero-order valence-electron chi connectivity index (χ0n) is 14.1. The first kappa shape index (κ1) is 16.8. The van der Waals surface area contributed by atoms with E-state index in [1.807, 2.05) is 25.1 Å². The Kier molecular flexibility index (Phi) is 3.65. The maximum absolute atomic E-state index is 13.1. The van der Waals surface area contributed by atoms with Crippen LogP contribution in [0.3, 0.4) is 0 Å². The highest BCUT2D eigenvalue weighted by Crippen LogP contribution is 2.47. The Hall–Kier alpha value is -2.69. The van der Waals surface area contributed by atoms with Gasteiger partial charge in [-0.15, -0.1) is 0 Å².